The predicted molar refractivity (Wildman–Crippen MR) is 109 cm³/mol. The maximum Gasteiger partial charge on any atom is 0.573 e. The third-order valence-corrected chi connectivity index (χ3v) is 4.91. The van der Waals surface area contributed by atoms with Gasteiger partial charge < -0.3 is 14.8 Å². The Bertz CT molecular complexity index is 1220. The number of nitrogens with zero attached hydrogens (tertiary/aromatic N) is 5. The number of methoxy groups -OCH3 is 1. The zero-order valence-corrected chi connectivity index (χ0v) is 18.1. The fraction of sp³-hybridized carbons (Fsp3) is 0.333. The summed E-state index contributed by atoms with van der Waals surface area (Å²) >= 11 is 0. The van der Waals surface area contributed by atoms with Gasteiger partial charge in [-0.25, -0.2) is 19.7 Å². The van der Waals surface area contributed by atoms with E-state index in [0.29, 0.717) is 17.2 Å². The molecular weight excluding hydrogens is 457 g/mol. The molecule has 2 aromatic heterocycles. The first kappa shape index (κ1) is 23.1. The van der Waals surface area contributed by atoms with E-state index in [9.17, 15) is 22.8 Å². The summed E-state index contributed by atoms with van der Waals surface area (Å²) in [6, 6.07) is 3.91. The lowest BCUT2D eigenvalue weighted by atomic mass is 10.1. The summed E-state index contributed by atoms with van der Waals surface area (Å²) in [5.74, 6) is -0.648. The molecule has 4 rings (SSSR count). The summed E-state index contributed by atoms with van der Waals surface area (Å²) in [6.07, 6.45) is -0.671. The summed E-state index contributed by atoms with van der Waals surface area (Å²) in [5, 5.41) is 6.85. The number of aryl methyl sites for hydroxylation is 1. The maximum atomic E-state index is 12.8. The molecule has 2 heterocycles. The summed E-state index contributed by atoms with van der Waals surface area (Å²) in [6.45, 7) is 1.54. The smallest absolute Gasteiger partial charge is 0.464 e. The lowest BCUT2D eigenvalue weighted by Gasteiger charge is -2.13. The van der Waals surface area contributed by atoms with Gasteiger partial charge >= 0.3 is 12.3 Å². The van der Waals surface area contributed by atoms with Gasteiger partial charge in [-0.05, 0) is 49.4 Å². The Kier molecular flexibility index (Phi) is 6.18. The molecule has 3 aromatic rings. The Morgan fingerprint density at radius 1 is 1.18 bits per heavy atom. The largest absolute Gasteiger partial charge is 0.573 e. The van der Waals surface area contributed by atoms with E-state index in [4.69, 9.17) is 0 Å². The minimum absolute atomic E-state index is 0.00497. The summed E-state index contributed by atoms with van der Waals surface area (Å²) in [4.78, 5) is 36.6. The van der Waals surface area contributed by atoms with E-state index in [2.05, 4.69) is 34.8 Å². The molecule has 34 heavy (non-hydrogen) atoms. The van der Waals surface area contributed by atoms with Crippen LogP contribution in [0.3, 0.4) is 0 Å². The second-order valence-electron chi connectivity index (χ2n) is 7.53. The van der Waals surface area contributed by atoms with Gasteiger partial charge in [-0.2, -0.15) is 4.68 Å². The minimum atomic E-state index is -4.87. The van der Waals surface area contributed by atoms with E-state index in [1.165, 1.54) is 30.3 Å². The van der Waals surface area contributed by atoms with E-state index in [0.717, 1.165) is 18.9 Å². The second kappa shape index (κ2) is 9.08. The number of rotatable bonds is 7. The van der Waals surface area contributed by atoms with Gasteiger partial charge in [-0.1, -0.05) is 0 Å². The summed E-state index contributed by atoms with van der Waals surface area (Å²) in [5.41, 5.74) is 0.658. The van der Waals surface area contributed by atoms with E-state index < -0.39 is 24.0 Å². The average molecular weight is 476 g/mol. The molecule has 0 saturated heterocycles. The van der Waals surface area contributed by atoms with Crippen molar-refractivity contribution in [2.45, 2.75) is 38.6 Å². The van der Waals surface area contributed by atoms with Crippen molar-refractivity contribution in [1.29, 1.82) is 0 Å². The van der Waals surface area contributed by atoms with Crippen molar-refractivity contribution in [2.75, 3.05) is 7.11 Å². The SMILES string of the molecule is COC(=O)c1cnc(-n2nc(C)nc2CNC(=O)c2cc(OC(F)(F)F)cc(C3CC3)c2)cn1. The van der Waals surface area contributed by atoms with Gasteiger partial charge in [0.05, 0.1) is 26.0 Å². The Balaban J connectivity index is 1.52. The zero-order chi connectivity index (χ0) is 24.5. The van der Waals surface area contributed by atoms with Crippen LogP contribution >= 0.6 is 0 Å². The molecule has 1 aliphatic rings. The van der Waals surface area contributed by atoms with Crippen molar-refractivity contribution in [3.63, 3.8) is 0 Å². The number of nitrogens with one attached hydrogen (secondary N) is 1. The number of benzene rings is 1. The highest BCUT2D eigenvalue weighted by Gasteiger charge is 2.33. The highest BCUT2D eigenvalue weighted by Crippen LogP contribution is 2.42. The number of amides is 1. The van der Waals surface area contributed by atoms with Gasteiger partial charge in [0.25, 0.3) is 5.91 Å². The summed E-state index contributed by atoms with van der Waals surface area (Å²) in [7, 11) is 1.22. The van der Waals surface area contributed by atoms with Crippen LogP contribution in [0, 0.1) is 6.92 Å². The van der Waals surface area contributed by atoms with Crippen LogP contribution in [0.4, 0.5) is 13.2 Å². The van der Waals surface area contributed by atoms with E-state index >= 15 is 0 Å². The van der Waals surface area contributed by atoms with Crippen LogP contribution in [0.5, 0.6) is 5.75 Å². The van der Waals surface area contributed by atoms with Crippen molar-refractivity contribution in [3.05, 3.63) is 59.1 Å². The van der Waals surface area contributed by atoms with Gasteiger partial charge in [0.2, 0.25) is 0 Å². The number of halogens is 3. The molecule has 0 spiro atoms. The number of esters is 1. The average Bonchev–Trinajstić information content (AvgIpc) is 3.58. The number of aromatic nitrogens is 5. The van der Waals surface area contributed by atoms with Crippen molar-refractivity contribution < 1.29 is 32.2 Å². The number of carbonyl (C=O) groups is 2. The number of alkyl halides is 3. The van der Waals surface area contributed by atoms with Crippen molar-refractivity contribution >= 4 is 11.9 Å². The lowest BCUT2D eigenvalue weighted by molar-refractivity contribution is -0.274. The molecule has 0 unspecified atom stereocenters. The number of hydrogen-bond acceptors (Lipinski definition) is 8. The molecule has 0 atom stereocenters. The van der Waals surface area contributed by atoms with Crippen LogP contribution in [0.2, 0.25) is 0 Å². The molecule has 178 valence electrons. The third-order valence-electron chi connectivity index (χ3n) is 4.91. The number of carbonyl (C=O) groups excluding carboxylic acids is 2. The summed E-state index contributed by atoms with van der Waals surface area (Å²) < 4.78 is 48.1. The van der Waals surface area contributed by atoms with E-state index in [-0.39, 0.29) is 29.5 Å². The normalized spacial score (nSPS) is 13.4. The monoisotopic (exact) mass is 476 g/mol. The van der Waals surface area contributed by atoms with Crippen LogP contribution in [0.25, 0.3) is 5.82 Å². The first-order chi connectivity index (χ1) is 16.1. The molecule has 1 saturated carbocycles. The molecular formula is C21H19F3N6O4. The minimum Gasteiger partial charge on any atom is -0.464 e. The molecule has 1 aromatic carbocycles. The molecule has 1 N–H and O–H groups in total. The first-order valence-corrected chi connectivity index (χ1v) is 10.1. The molecule has 0 radical (unpaired) electrons. The van der Waals surface area contributed by atoms with E-state index in [1.54, 1.807) is 13.0 Å². The van der Waals surface area contributed by atoms with Crippen LogP contribution in [0.1, 0.15) is 56.8 Å². The van der Waals surface area contributed by atoms with Crippen molar-refractivity contribution in [1.82, 2.24) is 30.0 Å². The Morgan fingerprint density at radius 2 is 1.94 bits per heavy atom. The molecule has 1 fully saturated rings. The fourth-order valence-corrected chi connectivity index (χ4v) is 3.26. The van der Waals surface area contributed by atoms with Crippen LogP contribution in [-0.2, 0) is 11.3 Å². The Morgan fingerprint density at radius 3 is 2.56 bits per heavy atom. The molecule has 13 heteroatoms. The van der Waals surface area contributed by atoms with Gasteiger partial charge in [-0.3, -0.25) is 4.79 Å². The first-order valence-electron chi connectivity index (χ1n) is 10.1. The van der Waals surface area contributed by atoms with Crippen molar-refractivity contribution in [2.24, 2.45) is 0 Å². The van der Waals surface area contributed by atoms with Gasteiger partial charge in [0.15, 0.2) is 17.3 Å². The van der Waals surface area contributed by atoms with Crippen LogP contribution in [0.15, 0.2) is 30.6 Å². The topological polar surface area (TPSA) is 121 Å². The third kappa shape index (κ3) is 5.47. The van der Waals surface area contributed by atoms with Crippen molar-refractivity contribution in [3.8, 4) is 11.6 Å². The number of hydrogen-bond donors (Lipinski definition) is 1. The Labute approximate surface area is 191 Å². The standard InChI is InChI=1S/C21H19F3N6O4/c1-11-28-18(30(29-11)17-9-25-16(8-26-17)20(32)33-2)10-27-19(31)14-5-13(12-3-4-12)6-15(7-14)34-21(22,23)24/h5-9,12H,3-4,10H2,1-2H3,(H,27,31). The number of ether oxygens (including phenoxy) is 2. The zero-order valence-electron chi connectivity index (χ0n) is 18.1. The highest BCUT2D eigenvalue weighted by atomic mass is 19.4. The van der Waals surface area contributed by atoms with Gasteiger partial charge in [0.1, 0.15) is 11.6 Å². The van der Waals surface area contributed by atoms with E-state index in [1.807, 2.05) is 0 Å². The van der Waals surface area contributed by atoms with Crippen LogP contribution < -0.4 is 10.1 Å². The van der Waals surface area contributed by atoms with Gasteiger partial charge in [0, 0.05) is 5.56 Å². The Hall–Kier alpha value is -4.03. The van der Waals surface area contributed by atoms with Crippen LogP contribution in [-0.4, -0.2) is 50.1 Å². The molecule has 1 amide bonds. The second-order valence-corrected chi connectivity index (χ2v) is 7.53. The highest BCUT2D eigenvalue weighted by molar-refractivity contribution is 5.94. The molecule has 10 nitrogen and oxygen atoms in total. The van der Waals surface area contributed by atoms with Gasteiger partial charge in [-0.15, -0.1) is 18.3 Å². The fourth-order valence-electron chi connectivity index (χ4n) is 3.26. The quantitative estimate of drug-likeness (QED) is 0.517. The predicted octanol–water partition coefficient (Wildman–Crippen LogP) is 2.86. The molecule has 1 aliphatic carbocycles. The maximum absolute atomic E-state index is 12.8. The molecule has 0 aliphatic heterocycles. The lowest BCUT2D eigenvalue weighted by Crippen LogP contribution is -2.25. The molecule has 0 bridgehead atoms.